The molecule has 0 spiro atoms. The number of nitrogens with one attached hydrogen (secondary N) is 2. The lowest BCUT2D eigenvalue weighted by Crippen LogP contribution is -2.39. The van der Waals surface area contributed by atoms with Crippen LogP contribution in [-0.2, 0) is 4.79 Å². The van der Waals surface area contributed by atoms with Gasteiger partial charge in [-0.1, -0.05) is 25.0 Å². The quantitative estimate of drug-likeness (QED) is 0.820. The standard InChI is InChI=1S/C15H20N2O2/c1-11(18)12-6-5-7-13(10-12)17-15(19)14-8-3-2-4-9-16-14/h5-7,10,14,16H,2-4,8-9H2,1H3,(H,17,19). The Morgan fingerprint density at radius 1 is 1.26 bits per heavy atom. The molecule has 1 aromatic rings. The Bertz CT molecular complexity index is 463. The van der Waals surface area contributed by atoms with Crippen LogP contribution in [0.1, 0.15) is 43.0 Å². The lowest BCUT2D eigenvalue weighted by molar-refractivity contribution is -0.118. The molecule has 1 saturated heterocycles. The summed E-state index contributed by atoms with van der Waals surface area (Å²) < 4.78 is 0. The lowest BCUT2D eigenvalue weighted by atomic mass is 10.1. The molecule has 1 atom stereocenters. The number of hydrogen-bond acceptors (Lipinski definition) is 3. The number of ketones is 1. The highest BCUT2D eigenvalue weighted by Crippen LogP contribution is 2.14. The van der Waals surface area contributed by atoms with E-state index in [1.54, 1.807) is 24.3 Å². The minimum Gasteiger partial charge on any atom is -0.325 e. The van der Waals surface area contributed by atoms with Gasteiger partial charge in [-0.2, -0.15) is 0 Å². The fourth-order valence-electron chi connectivity index (χ4n) is 2.30. The van der Waals surface area contributed by atoms with Crippen molar-refractivity contribution in [3.8, 4) is 0 Å². The van der Waals surface area contributed by atoms with Crippen molar-refractivity contribution in [1.82, 2.24) is 5.32 Å². The van der Waals surface area contributed by atoms with Crippen LogP contribution in [0.5, 0.6) is 0 Å². The topological polar surface area (TPSA) is 58.2 Å². The van der Waals surface area contributed by atoms with E-state index in [2.05, 4.69) is 10.6 Å². The fourth-order valence-corrected chi connectivity index (χ4v) is 2.30. The Balaban J connectivity index is 2.01. The molecular formula is C15H20N2O2. The summed E-state index contributed by atoms with van der Waals surface area (Å²) in [4.78, 5) is 23.4. The van der Waals surface area contributed by atoms with Crippen LogP contribution in [0.4, 0.5) is 5.69 Å². The molecule has 1 aromatic carbocycles. The predicted octanol–water partition coefficient (Wildman–Crippen LogP) is 2.36. The number of rotatable bonds is 3. The first-order valence-corrected chi connectivity index (χ1v) is 6.82. The van der Waals surface area contributed by atoms with Crippen molar-refractivity contribution >= 4 is 17.4 Å². The number of Topliss-reactive ketones (excluding diaryl/α,β-unsaturated/α-hetero) is 1. The van der Waals surface area contributed by atoms with Gasteiger partial charge in [0.2, 0.25) is 5.91 Å². The zero-order valence-electron chi connectivity index (χ0n) is 11.2. The van der Waals surface area contributed by atoms with Gasteiger partial charge in [-0.15, -0.1) is 0 Å². The summed E-state index contributed by atoms with van der Waals surface area (Å²) in [5.41, 5.74) is 1.30. The van der Waals surface area contributed by atoms with Crippen LogP contribution in [-0.4, -0.2) is 24.3 Å². The molecule has 0 aromatic heterocycles. The molecule has 1 fully saturated rings. The minimum atomic E-state index is -0.122. The molecule has 0 radical (unpaired) electrons. The van der Waals surface area contributed by atoms with E-state index in [1.807, 2.05) is 0 Å². The number of carbonyl (C=O) groups is 2. The molecule has 4 nitrogen and oxygen atoms in total. The SMILES string of the molecule is CC(=O)c1cccc(NC(=O)C2CCCCCN2)c1. The van der Waals surface area contributed by atoms with E-state index in [4.69, 9.17) is 0 Å². The van der Waals surface area contributed by atoms with E-state index < -0.39 is 0 Å². The molecule has 2 N–H and O–H groups in total. The fraction of sp³-hybridized carbons (Fsp3) is 0.467. The van der Waals surface area contributed by atoms with Crippen molar-refractivity contribution < 1.29 is 9.59 Å². The van der Waals surface area contributed by atoms with Gasteiger partial charge in [0, 0.05) is 11.3 Å². The summed E-state index contributed by atoms with van der Waals surface area (Å²) in [7, 11) is 0. The zero-order valence-corrected chi connectivity index (χ0v) is 11.2. The Labute approximate surface area is 113 Å². The number of carbonyl (C=O) groups excluding carboxylic acids is 2. The van der Waals surface area contributed by atoms with Crippen LogP contribution >= 0.6 is 0 Å². The van der Waals surface area contributed by atoms with Gasteiger partial charge in [-0.25, -0.2) is 0 Å². The summed E-state index contributed by atoms with van der Waals surface area (Å²) in [6, 6.07) is 6.94. The monoisotopic (exact) mass is 260 g/mol. The Hall–Kier alpha value is -1.68. The van der Waals surface area contributed by atoms with Crippen LogP contribution in [0.3, 0.4) is 0 Å². The van der Waals surface area contributed by atoms with Crippen molar-refractivity contribution in [3.05, 3.63) is 29.8 Å². The predicted molar refractivity (Wildman–Crippen MR) is 75.3 cm³/mol. The molecule has 0 saturated carbocycles. The number of anilines is 1. The number of hydrogen-bond donors (Lipinski definition) is 2. The highest BCUT2D eigenvalue weighted by molar-refractivity contribution is 5.98. The van der Waals surface area contributed by atoms with E-state index in [0.29, 0.717) is 11.3 Å². The van der Waals surface area contributed by atoms with Crippen LogP contribution in [0, 0.1) is 0 Å². The summed E-state index contributed by atoms with van der Waals surface area (Å²) >= 11 is 0. The first-order valence-electron chi connectivity index (χ1n) is 6.82. The third-order valence-electron chi connectivity index (χ3n) is 3.41. The molecule has 102 valence electrons. The van der Waals surface area contributed by atoms with Gasteiger partial charge < -0.3 is 10.6 Å². The number of amides is 1. The van der Waals surface area contributed by atoms with Crippen LogP contribution in [0.25, 0.3) is 0 Å². The summed E-state index contributed by atoms with van der Waals surface area (Å²) in [5.74, 6) is -0.00806. The van der Waals surface area contributed by atoms with Gasteiger partial charge in [-0.3, -0.25) is 9.59 Å². The Kier molecular flexibility index (Phi) is 4.68. The lowest BCUT2D eigenvalue weighted by Gasteiger charge is -2.15. The van der Waals surface area contributed by atoms with Gasteiger partial charge >= 0.3 is 0 Å². The van der Waals surface area contributed by atoms with Crippen LogP contribution < -0.4 is 10.6 Å². The summed E-state index contributed by atoms with van der Waals surface area (Å²) in [6.07, 6.45) is 4.26. The third kappa shape index (κ3) is 3.89. The second kappa shape index (κ2) is 6.48. The smallest absolute Gasteiger partial charge is 0.241 e. The molecule has 19 heavy (non-hydrogen) atoms. The van der Waals surface area contributed by atoms with Gasteiger partial charge in [0.15, 0.2) is 5.78 Å². The second-order valence-electron chi connectivity index (χ2n) is 4.98. The van der Waals surface area contributed by atoms with Crippen molar-refractivity contribution in [2.45, 2.75) is 38.6 Å². The van der Waals surface area contributed by atoms with Gasteiger partial charge in [0.05, 0.1) is 6.04 Å². The largest absolute Gasteiger partial charge is 0.325 e. The molecule has 1 aliphatic heterocycles. The molecule has 1 unspecified atom stereocenters. The maximum atomic E-state index is 12.1. The van der Waals surface area contributed by atoms with Gasteiger partial charge in [-0.05, 0) is 38.4 Å². The number of benzene rings is 1. The normalized spacial score (nSPS) is 19.5. The highest BCUT2D eigenvalue weighted by atomic mass is 16.2. The Morgan fingerprint density at radius 3 is 2.89 bits per heavy atom. The molecular weight excluding hydrogens is 240 g/mol. The summed E-state index contributed by atoms with van der Waals surface area (Å²) in [6.45, 7) is 2.42. The molecule has 1 heterocycles. The van der Waals surface area contributed by atoms with Crippen molar-refractivity contribution in [2.75, 3.05) is 11.9 Å². The Morgan fingerprint density at radius 2 is 2.11 bits per heavy atom. The van der Waals surface area contributed by atoms with E-state index >= 15 is 0 Å². The van der Waals surface area contributed by atoms with Crippen molar-refractivity contribution in [2.24, 2.45) is 0 Å². The summed E-state index contributed by atoms with van der Waals surface area (Å²) in [5, 5.41) is 6.14. The van der Waals surface area contributed by atoms with E-state index in [0.717, 1.165) is 25.8 Å². The van der Waals surface area contributed by atoms with Crippen LogP contribution in [0.2, 0.25) is 0 Å². The van der Waals surface area contributed by atoms with Gasteiger partial charge in [0.25, 0.3) is 0 Å². The van der Waals surface area contributed by atoms with E-state index in [-0.39, 0.29) is 17.7 Å². The van der Waals surface area contributed by atoms with Crippen molar-refractivity contribution in [1.29, 1.82) is 0 Å². The maximum Gasteiger partial charge on any atom is 0.241 e. The zero-order chi connectivity index (χ0) is 13.7. The average Bonchev–Trinajstić information content (AvgIpc) is 2.68. The highest BCUT2D eigenvalue weighted by Gasteiger charge is 2.19. The van der Waals surface area contributed by atoms with Crippen molar-refractivity contribution in [3.63, 3.8) is 0 Å². The average molecular weight is 260 g/mol. The maximum absolute atomic E-state index is 12.1. The molecule has 1 aliphatic rings. The van der Waals surface area contributed by atoms with Gasteiger partial charge in [0.1, 0.15) is 0 Å². The molecule has 4 heteroatoms. The van der Waals surface area contributed by atoms with E-state index in [1.165, 1.54) is 13.3 Å². The second-order valence-corrected chi connectivity index (χ2v) is 4.98. The van der Waals surface area contributed by atoms with E-state index in [9.17, 15) is 9.59 Å². The molecule has 0 aliphatic carbocycles. The third-order valence-corrected chi connectivity index (χ3v) is 3.41. The van der Waals surface area contributed by atoms with Crippen LogP contribution in [0.15, 0.2) is 24.3 Å². The molecule has 2 rings (SSSR count). The molecule has 0 bridgehead atoms. The first-order chi connectivity index (χ1) is 9.16. The first kappa shape index (κ1) is 13.7. The minimum absolute atomic E-state index is 0.00342. The molecule has 1 amide bonds.